The van der Waals surface area contributed by atoms with Gasteiger partial charge in [0.25, 0.3) is 40.5 Å². The number of allylic oxidation sites excluding steroid dienone is 1. The van der Waals surface area contributed by atoms with Crippen molar-refractivity contribution in [2.75, 3.05) is 0 Å². The normalized spacial score (nSPS) is 15.0. The van der Waals surface area contributed by atoms with Gasteiger partial charge in [0, 0.05) is 16.6 Å². The molecule has 6 aromatic carbocycles. The van der Waals surface area contributed by atoms with Crippen molar-refractivity contribution < 1.29 is 57.0 Å². The SMILES string of the molecule is Cc1cc(N=Nc2cc(C)c(N=Nc3c(S(=O)(=O)O)cc4c(c3O)CC(C)C(N)=C4)cc2C)ccc1N=Nc1ccc(N=Nc2cc3c(S(=O)(=O)O)cc(S(=O)(=O)O)cc3cc2S(=O)(=O)O)c(C)c1. The molecule has 0 bridgehead atoms. The highest BCUT2D eigenvalue weighted by Gasteiger charge is 2.28. The van der Waals surface area contributed by atoms with Gasteiger partial charge in [-0.2, -0.15) is 64.4 Å². The topological polar surface area (TPSA) is 363 Å². The number of aromatic hydroxyl groups is 1. The number of nitrogens with two attached hydrogens (primary N) is 1. The van der Waals surface area contributed by atoms with Crippen LogP contribution >= 0.6 is 0 Å². The fraction of sp³-hybridized carbons (Fsp3) is 0.163. The number of azo groups is 4. The van der Waals surface area contributed by atoms with Crippen molar-refractivity contribution in [3.05, 3.63) is 118 Å². The molecule has 358 valence electrons. The summed E-state index contributed by atoms with van der Waals surface area (Å²) in [4.78, 5) is -3.46. The van der Waals surface area contributed by atoms with Gasteiger partial charge >= 0.3 is 0 Å². The summed E-state index contributed by atoms with van der Waals surface area (Å²) in [6.07, 6.45) is 1.88. The van der Waals surface area contributed by atoms with Crippen LogP contribution in [-0.2, 0) is 46.9 Å². The summed E-state index contributed by atoms with van der Waals surface area (Å²) in [6.45, 7) is 8.78. The molecule has 0 fully saturated rings. The third-order valence-corrected chi connectivity index (χ3v) is 14.3. The molecule has 0 amide bonds. The Morgan fingerprint density at radius 3 is 1.49 bits per heavy atom. The van der Waals surface area contributed by atoms with Crippen molar-refractivity contribution in [3.8, 4) is 5.75 Å². The molecule has 1 aliphatic carbocycles. The van der Waals surface area contributed by atoms with Crippen molar-refractivity contribution in [3.63, 3.8) is 0 Å². The number of fused-ring (bicyclic) bond motifs is 2. The lowest BCUT2D eigenvalue weighted by Crippen LogP contribution is -2.16. The Balaban J connectivity index is 1.08. The first kappa shape index (κ1) is 49.9. The minimum absolute atomic E-state index is 0.122. The average Bonchev–Trinajstić information content (AvgIpc) is 3.24. The predicted octanol–water partition coefficient (Wildman–Crippen LogP) is 10.9. The van der Waals surface area contributed by atoms with Crippen LogP contribution in [-0.4, -0.2) is 57.0 Å². The van der Waals surface area contributed by atoms with Crippen LogP contribution in [0, 0.1) is 33.6 Å². The average molecular weight is 1020 g/mol. The molecule has 1 atom stereocenters. The lowest BCUT2D eigenvalue weighted by Gasteiger charge is -2.22. The van der Waals surface area contributed by atoms with E-state index >= 15 is 0 Å². The molecular formula is C43H39N9O13S4. The number of aryl methyl sites for hydroxylation is 4. The minimum atomic E-state index is -5.14. The molecule has 26 heteroatoms. The van der Waals surface area contributed by atoms with E-state index < -0.39 is 88.0 Å². The van der Waals surface area contributed by atoms with E-state index in [-0.39, 0.29) is 11.6 Å². The highest BCUT2D eigenvalue weighted by Crippen LogP contribution is 2.44. The number of nitrogens with zero attached hydrogens (tertiary/aromatic N) is 8. The van der Waals surface area contributed by atoms with E-state index in [1.54, 1.807) is 70.2 Å². The lowest BCUT2D eigenvalue weighted by atomic mass is 9.87. The first-order chi connectivity index (χ1) is 32.1. The maximum absolute atomic E-state index is 12.3. The molecular weight excluding hydrogens is 979 g/mol. The Kier molecular flexibility index (Phi) is 13.3. The van der Waals surface area contributed by atoms with Gasteiger partial charge in [0.2, 0.25) is 0 Å². The smallest absolute Gasteiger partial charge is 0.296 e. The zero-order chi connectivity index (χ0) is 50.5. The second-order valence-corrected chi connectivity index (χ2v) is 21.5. The summed E-state index contributed by atoms with van der Waals surface area (Å²) in [5.41, 5.74) is 11.2. The van der Waals surface area contributed by atoms with Gasteiger partial charge in [-0.15, -0.1) is 10.2 Å². The summed E-state index contributed by atoms with van der Waals surface area (Å²) in [5.74, 6) is -0.547. The van der Waals surface area contributed by atoms with Crippen molar-refractivity contribution >= 4 is 103 Å². The molecule has 1 aliphatic rings. The van der Waals surface area contributed by atoms with Gasteiger partial charge in [0.15, 0.2) is 0 Å². The minimum Gasteiger partial charge on any atom is -0.505 e. The van der Waals surface area contributed by atoms with E-state index in [9.17, 15) is 57.0 Å². The lowest BCUT2D eigenvalue weighted by molar-refractivity contribution is 0.457. The quantitative estimate of drug-likeness (QED) is 0.0490. The highest BCUT2D eigenvalue weighted by atomic mass is 32.2. The van der Waals surface area contributed by atoms with Gasteiger partial charge in [-0.25, -0.2) is 0 Å². The van der Waals surface area contributed by atoms with E-state index in [0.29, 0.717) is 86.1 Å². The number of phenols is 1. The molecule has 0 spiro atoms. The van der Waals surface area contributed by atoms with Crippen LogP contribution in [0.25, 0.3) is 16.8 Å². The van der Waals surface area contributed by atoms with Gasteiger partial charge in [-0.3, -0.25) is 18.2 Å². The first-order valence-corrected chi connectivity index (χ1v) is 25.7. The summed E-state index contributed by atoms with van der Waals surface area (Å²) < 4.78 is 136. The second kappa shape index (κ2) is 18.5. The van der Waals surface area contributed by atoms with Crippen molar-refractivity contribution in [1.29, 1.82) is 0 Å². The van der Waals surface area contributed by atoms with Gasteiger partial charge in [0.05, 0.1) is 39.0 Å². The number of hydrogen-bond acceptors (Lipinski definition) is 18. The molecule has 0 saturated heterocycles. The zero-order valence-corrected chi connectivity index (χ0v) is 39.9. The molecule has 22 nitrogen and oxygen atoms in total. The number of rotatable bonds is 12. The molecule has 0 radical (unpaired) electrons. The molecule has 0 saturated carbocycles. The second-order valence-electron chi connectivity index (χ2n) is 15.9. The molecule has 1 unspecified atom stereocenters. The van der Waals surface area contributed by atoms with Crippen LogP contribution < -0.4 is 5.73 Å². The Labute approximate surface area is 394 Å². The third-order valence-electron chi connectivity index (χ3n) is 10.8. The number of hydrogen-bond donors (Lipinski definition) is 6. The largest absolute Gasteiger partial charge is 0.505 e. The summed E-state index contributed by atoms with van der Waals surface area (Å²) in [7, 11) is -20.0. The van der Waals surface area contributed by atoms with Crippen LogP contribution in [0.3, 0.4) is 0 Å². The molecule has 0 aromatic heterocycles. The Morgan fingerprint density at radius 2 is 0.986 bits per heavy atom. The van der Waals surface area contributed by atoms with E-state index in [1.165, 1.54) is 18.2 Å². The van der Waals surface area contributed by atoms with E-state index in [1.807, 2.05) is 6.92 Å². The van der Waals surface area contributed by atoms with Gasteiger partial charge in [0.1, 0.15) is 31.8 Å². The van der Waals surface area contributed by atoms with Crippen LogP contribution in [0.15, 0.2) is 145 Å². The maximum Gasteiger partial charge on any atom is 0.296 e. The molecule has 6 aromatic rings. The van der Waals surface area contributed by atoms with Crippen LogP contribution in [0.2, 0.25) is 0 Å². The van der Waals surface area contributed by atoms with Crippen LogP contribution in [0.5, 0.6) is 5.75 Å². The van der Waals surface area contributed by atoms with E-state index in [4.69, 9.17) is 5.73 Å². The standard InChI is InChI=1S/C43H39N9O13S4/c1-21-12-32-27(16-33(21)44)18-41(69(63,64)65)42(43(32)53)52-50-37-14-24(4)36(13-25(37)5)49-46-29-6-8-34(22(2)10-29)47-45-28-7-9-35(23(3)11-28)48-51-38-20-31-26(17-40(38)68(60,61)62)15-30(66(54,55)56)19-39(31)67(57,58)59/h6-11,13-21,53H,12,44H2,1-5H3,(H,54,55,56)(H,57,58,59)(H,60,61,62)(H,63,64,65). The van der Waals surface area contributed by atoms with Gasteiger partial charge in [-0.1, -0.05) is 6.92 Å². The van der Waals surface area contributed by atoms with Crippen molar-refractivity contribution in [1.82, 2.24) is 0 Å². The van der Waals surface area contributed by atoms with Gasteiger partial charge < -0.3 is 10.8 Å². The molecule has 0 heterocycles. The molecule has 69 heavy (non-hydrogen) atoms. The Bertz CT molecular complexity index is 3800. The first-order valence-electron chi connectivity index (χ1n) is 20.0. The summed E-state index contributed by atoms with van der Waals surface area (Å²) >= 11 is 0. The van der Waals surface area contributed by atoms with Crippen molar-refractivity contribution in [2.45, 2.75) is 60.6 Å². The fourth-order valence-corrected chi connectivity index (χ4v) is 9.75. The predicted molar refractivity (Wildman–Crippen MR) is 251 cm³/mol. The van der Waals surface area contributed by atoms with Crippen LogP contribution in [0.4, 0.5) is 45.5 Å². The Morgan fingerprint density at radius 1 is 0.507 bits per heavy atom. The summed E-state index contributed by atoms with van der Waals surface area (Å²) in [5, 5.41) is 43.9. The highest BCUT2D eigenvalue weighted by molar-refractivity contribution is 7.87. The zero-order valence-electron chi connectivity index (χ0n) is 36.7. The number of phenolic OH excluding ortho intramolecular Hbond substituents is 1. The molecule has 7 rings (SSSR count). The fourth-order valence-electron chi connectivity index (χ4n) is 7.11. The van der Waals surface area contributed by atoms with E-state index in [0.717, 1.165) is 12.1 Å². The monoisotopic (exact) mass is 1020 g/mol. The maximum atomic E-state index is 12.3. The molecule has 7 N–H and O–H groups in total. The summed E-state index contributed by atoms with van der Waals surface area (Å²) in [6, 6.07) is 17.0. The third kappa shape index (κ3) is 11.0. The molecule has 0 aliphatic heterocycles. The Hall–Kier alpha value is -7.04. The van der Waals surface area contributed by atoms with Gasteiger partial charge in [-0.05, 0) is 158 Å². The van der Waals surface area contributed by atoms with Crippen molar-refractivity contribution in [2.24, 2.45) is 52.6 Å². The number of benzene rings is 6. The van der Waals surface area contributed by atoms with E-state index in [2.05, 4.69) is 40.9 Å². The van der Waals surface area contributed by atoms with Crippen LogP contribution in [0.1, 0.15) is 40.3 Å².